The summed E-state index contributed by atoms with van der Waals surface area (Å²) < 4.78 is 0. The van der Waals surface area contributed by atoms with Crippen LogP contribution in [0, 0.1) is 0 Å². The molecule has 1 saturated carbocycles. The fourth-order valence-corrected chi connectivity index (χ4v) is 2.72. The Balaban J connectivity index is 1.98. The van der Waals surface area contributed by atoms with E-state index in [1.165, 1.54) is 49.8 Å². The average Bonchev–Trinajstić information content (AvgIpc) is 2.66. The molecule has 0 bridgehead atoms. The minimum absolute atomic E-state index is 0.676. The normalized spacial score (nSPS) is 17.4. The molecule has 0 aromatic heterocycles. The first-order valence-corrected chi connectivity index (χ1v) is 7.45. The van der Waals surface area contributed by atoms with Gasteiger partial charge < -0.3 is 10.6 Å². The predicted octanol–water partition coefficient (Wildman–Crippen LogP) is 3.93. The molecule has 1 aromatic rings. The molecule has 0 heterocycles. The molecule has 18 heavy (non-hydrogen) atoms. The third-order valence-electron chi connectivity index (χ3n) is 3.80. The summed E-state index contributed by atoms with van der Waals surface area (Å²) in [5.41, 5.74) is 2.72. The second-order valence-electron chi connectivity index (χ2n) is 5.27. The van der Waals surface area contributed by atoms with Gasteiger partial charge in [0.05, 0.1) is 0 Å². The van der Waals surface area contributed by atoms with Crippen molar-refractivity contribution in [2.75, 3.05) is 11.9 Å². The minimum Gasteiger partial charge on any atom is -0.382 e. The maximum atomic E-state index is 3.76. The largest absolute Gasteiger partial charge is 0.382 e. The molecule has 1 aliphatic rings. The van der Waals surface area contributed by atoms with E-state index in [0.717, 1.165) is 13.1 Å². The summed E-state index contributed by atoms with van der Waals surface area (Å²) >= 11 is 0. The van der Waals surface area contributed by atoms with Crippen molar-refractivity contribution in [3.05, 3.63) is 29.8 Å². The van der Waals surface area contributed by atoms with Crippen LogP contribution in [-0.4, -0.2) is 12.6 Å². The zero-order chi connectivity index (χ0) is 12.6. The summed E-state index contributed by atoms with van der Waals surface area (Å²) in [6.45, 7) is 4.14. The van der Waals surface area contributed by atoms with Gasteiger partial charge in [-0.25, -0.2) is 0 Å². The highest BCUT2D eigenvalue weighted by Crippen LogP contribution is 2.23. The van der Waals surface area contributed by atoms with Crippen molar-refractivity contribution in [1.82, 2.24) is 5.32 Å². The number of hydrogen-bond acceptors (Lipinski definition) is 2. The smallest absolute Gasteiger partial charge is 0.0387 e. The highest BCUT2D eigenvalue weighted by molar-refractivity contribution is 5.51. The number of rotatable bonds is 5. The lowest BCUT2D eigenvalue weighted by Crippen LogP contribution is -2.20. The minimum atomic E-state index is 0.676. The number of para-hydroxylation sites is 1. The maximum absolute atomic E-state index is 3.76. The molecule has 0 aliphatic heterocycles. The molecular weight excluding hydrogens is 220 g/mol. The predicted molar refractivity (Wildman–Crippen MR) is 78.9 cm³/mol. The Labute approximate surface area is 111 Å². The van der Waals surface area contributed by atoms with E-state index in [-0.39, 0.29) is 0 Å². The van der Waals surface area contributed by atoms with Gasteiger partial charge in [-0.2, -0.15) is 0 Å². The average molecular weight is 246 g/mol. The van der Waals surface area contributed by atoms with Gasteiger partial charge in [0.25, 0.3) is 0 Å². The van der Waals surface area contributed by atoms with Crippen molar-refractivity contribution in [1.29, 1.82) is 0 Å². The van der Waals surface area contributed by atoms with Crippen LogP contribution in [0.4, 0.5) is 5.69 Å². The van der Waals surface area contributed by atoms with Crippen molar-refractivity contribution < 1.29 is 0 Å². The molecule has 1 fully saturated rings. The lowest BCUT2D eigenvalue weighted by atomic mass is 10.1. The van der Waals surface area contributed by atoms with Gasteiger partial charge in [0.2, 0.25) is 0 Å². The van der Waals surface area contributed by atoms with E-state index in [1.54, 1.807) is 0 Å². The van der Waals surface area contributed by atoms with Crippen LogP contribution < -0.4 is 10.6 Å². The quantitative estimate of drug-likeness (QED) is 0.769. The van der Waals surface area contributed by atoms with Crippen molar-refractivity contribution in [3.8, 4) is 0 Å². The second-order valence-corrected chi connectivity index (χ2v) is 5.27. The van der Waals surface area contributed by atoms with Gasteiger partial charge in [0.15, 0.2) is 0 Å². The third-order valence-corrected chi connectivity index (χ3v) is 3.80. The Kier molecular flexibility index (Phi) is 5.53. The molecule has 0 unspecified atom stereocenters. The summed E-state index contributed by atoms with van der Waals surface area (Å²) in [7, 11) is 0. The molecule has 100 valence electrons. The van der Waals surface area contributed by atoms with Crippen molar-refractivity contribution in [3.63, 3.8) is 0 Å². The number of anilines is 1. The number of nitrogens with one attached hydrogen (secondary N) is 2. The second kappa shape index (κ2) is 7.42. The van der Waals surface area contributed by atoms with Crippen molar-refractivity contribution in [2.45, 2.75) is 58.0 Å². The lowest BCUT2D eigenvalue weighted by molar-refractivity contribution is 0.618. The van der Waals surface area contributed by atoms with Gasteiger partial charge in [-0.1, -0.05) is 50.8 Å². The molecule has 1 aromatic carbocycles. The van der Waals surface area contributed by atoms with Crippen LogP contribution in [0.15, 0.2) is 24.3 Å². The lowest BCUT2D eigenvalue weighted by Gasteiger charge is -2.20. The van der Waals surface area contributed by atoms with Gasteiger partial charge in [-0.15, -0.1) is 0 Å². The Morgan fingerprint density at radius 1 is 1.06 bits per heavy atom. The van der Waals surface area contributed by atoms with Gasteiger partial charge >= 0.3 is 0 Å². The molecule has 0 amide bonds. The summed E-state index contributed by atoms with van der Waals surface area (Å²) in [5.74, 6) is 0. The third kappa shape index (κ3) is 4.02. The summed E-state index contributed by atoms with van der Waals surface area (Å²) in [6.07, 6.45) is 8.25. The summed E-state index contributed by atoms with van der Waals surface area (Å²) in [5, 5.41) is 7.17. The fraction of sp³-hybridized carbons (Fsp3) is 0.625. The monoisotopic (exact) mass is 246 g/mol. The first-order valence-electron chi connectivity index (χ1n) is 7.45. The molecule has 1 aliphatic carbocycles. The van der Waals surface area contributed by atoms with Crippen LogP contribution >= 0.6 is 0 Å². The maximum Gasteiger partial charge on any atom is 0.0387 e. The van der Waals surface area contributed by atoms with Gasteiger partial charge in [-0.05, 0) is 31.0 Å². The Bertz CT molecular complexity index is 341. The first kappa shape index (κ1) is 13.4. The molecule has 2 N–H and O–H groups in total. The molecule has 2 nitrogen and oxygen atoms in total. The van der Waals surface area contributed by atoms with E-state index in [0.29, 0.717) is 6.04 Å². The standard InChI is InChI=1S/C16H26N2/c1-2-17-13-14-9-7-8-12-16(14)18-15-10-5-3-4-6-11-15/h7-9,12,15,17-18H,2-6,10-11,13H2,1H3. The van der Waals surface area contributed by atoms with E-state index in [9.17, 15) is 0 Å². The SMILES string of the molecule is CCNCc1ccccc1NC1CCCCCC1. The number of benzene rings is 1. The first-order chi connectivity index (χ1) is 8.90. The van der Waals surface area contributed by atoms with E-state index in [1.807, 2.05) is 0 Å². The molecule has 0 spiro atoms. The van der Waals surface area contributed by atoms with Crippen LogP contribution in [0.5, 0.6) is 0 Å². The van der Waals surface area contributed by atoms with Crippen LogP contribution in [0.3, 0.4) is 0 Å². The zero-order valence-corrected chi connectivity index (χ0v) is 11.5. The van der Waals surface area contributed by atoms with E-state index in [2.05, 4.69) is 41.8 Å². The van der Waals surface area contributed by atoms with Crippen LogP contribution in [0.25, 0.3) is 0 Å². The summed E-state index contributed by atoms with van der Waals surface area (Å²) in [4.78, 5) is 0. The molecule has 0 radical (unpaired) electrons. The molecule has 0 saturated heterocycles. The fourth-order valence-electron chi connectivity index (χ4n) is 2.72. The Morgan fingerprint density at radius 2 is 1.78 bits per heavy atom. The molecule has 2 heteroatoms. The van der Waals surface area contributed by atoms with Crippen LogP contribution in [0.1, 0.15) is 51.0 Å². The highest BCUT2D eigenvalue weighted by atomic mass is 14.9. The number of hydrogen-bond donors (Lipinski definition) is 2. The van der Waals surface area contributed by atoms with Gasteiger partial charge in [-0.3, -0.25) is 0 Å². The van der Waals surface area contributed by atoms with E-state index < -0.39 is 0 Å². The van der Waals surface area contributed by atoms with E-state index >= 15 is 0 Å². The molecular formula is C16H26N2. The van der Waals surface area contributed by atoms with Gasteiger partial charge in [0.1, 0.15) is 0 Å². The molecule has 2 rings (SSSR count). The van der Waals surface area contributed by atoms with E-state index in [4.69, 9.17) is 0 Å². The van der Waals surface area contributed by atoms with Crippen LogP contribution in [0.2, 0.25) is 0 Å². The molecule has 0 atom stereocenters. The zero-order valence-electron chi connectivity index (χ0n) is 11.5. The van der Waals surface area contributed by atoms with Crippen molar-refractivity contribution in [2.24, 2.45) is 0 Å². The van der Waals surface area contributed by atoms with Crippen LogP contribution in [-0.2, 0) is 6.54 Å². The van der Waals surface area contributed by atoms with Crippen molar-refractivity contribution >= 4 is 5.69 Å². The highest BCUT2D eigenvalue weighted by Gasteiger charge is 2.12. The topological polar surface area (TPSA) is 24.1 Å². The Hall–Kier alpha value is -1.02. The Morgan fingerprint density at radius 3 is 2.50 bits per heavy atom. The summed E-state index contributed by atoms with van der Waals surface area (Å²) in [6, 6.07) is 9.38. The van der Waals surface area contributed by atoms with Gasteiger partial charge in [0, 0.05) is 18.3 Å².